The van der Waals surface area contributed by atoms with Crippen molar-refractivity contribution >= 4 is 11.9 Å². The topological polar surface area (TPSA) is 57.2 Å². The summed E-state index contributed by atoms with van der Waals surface area (Å²) >= 11 is 0. The van der Waals surface area contributed by atoms with Crippen LogP contribution in [0.5, 0.6) is 0 Å². The third-order valence-electron chi connectivity index (χ3n) is 3.43. The number of nitrogens with zero attached hydrogens (tertiary/aromatic N) is 3. The van der Waals surface area contributed by atoms with Gasteiger partial charge in [0.05, 0.1) is 13.1 Å². The van der Waals surface area contributed by atoms with E-state index in [1.807, 2.05) is 20.8 Å². The quantitative estimate of drug-likeness (QED) is 0.777. The molecule has 20 heavy (non-hydrogen) atoms. The fraction of sp³-hybridized carbons (Fsp3) is 0.857. The van der Waals surface area contributed by atoms with E-state index in [1.165, 1.54) is 0 Å². The molecule has 0 saturated carbocycles. The Morgan fingerprint density at radius 2 is 2.15 bits per heavy atom. The molecule has 0 spiro atoms. The SMILES string of the molecule is CN1CCC(NC2=NCCN(C(=O)OC(C)(C)C)C2)C1. The van der Waals surface area contributed by atoms with Crippen molar-refractivity contribution in [2.75, 3.05) is 39.8 Å². The average Bonchev–Trinajstić information content (AvgIpc) is 2.73. The van der Waals surface area contributed by atoms with E-state index in [-0.39, 0.29) is 6.09 Å². The van der Waals surface area contributed by atoms with Crippen LogP contribution >= 0.6 is 0 Å². The zero-order valence-electron chi connectivity index (χ0n) is 13.0. The molecule has 1 atom stereocenters. The number of likely N-dealkylation sites (tertiary alicyclic amines) is 1. The first-order valence-corrected chi connectivity index (χ1v) is 7.30. The molecule has 1 unspecified atom stereocenters. The molecule has 1 N–H and O–H groups in total. The number of amides is 1. The Morgan fingerprint density at radius 3 is 2.75 bits per heavy atom. The van der Waals surface area contributed by atoms with Crippen molar-refractivity contribution in [3.8, 4) is 0 Å². The zero-order chi connectivity index (χ0) is 14.8. The second-order valence-electron chi connectivity index (χ2n) is 6.62. The highest BCUT2D eigenvalue weighted by Gasteiger charge is 2.27. The van der Waals surface area contributed by atoms with E-state index in [1.54, 1.807) is 4.90 Å². The van der Waals surface area contributed by atoms with Gasteiger partial charge in [-0.3, -0.25) is 9.89 Å². The average molecular weight is 282 g/mol. The minimum atomic E-state index is -0.451. The van der Waals surface area contributed by atoms with Crippen LogP contribution in [-0.4, -0.2) is 73.1 Å². The standard InChI is InChI=1S/C14H26N4O2/c1-14(2,3)20-13(19)18-8-6-15-12(10-18)16-11-5-7-17(4)9-11/h11H,5-10H2,1-4H3,(H,15,16). The van der Waals surface area contributed by atoms with Crippen molar-refractivity contribution in [1.29, 1.82) is 0 Å². The van der Waals surface area contributed by atoms with Crippen LogP contribution in [0, 0.1) is 0 Å². The monoisotopic (exact) mass is 282 g/mol. The van der Waals surface area contributed by atoms with Gasteiger partial charge in [0.25, 0.3) is 0 Å². The van der Waals surface area contributed by atoms with Crippen molar-refractivity contribution in [3.05, 3.63) is 0 Å². The van der Waals surface area contributed by atoms with Gasteiger partial charge in [0, 0.05) is 19.1 Å². The van der Waals surface area contributed by atoms with Gasteiger partial charge in [-0.1, -0.05) is 0 Å². The molecule has 6 heteroatoms. The summed E-state index contributed by atoms with van der Waals surface area (Å²) in [5, 5.41) is 3.45. The van der Waals surface area contributed by atoms with Crippen LogP contribution < -0.4 is 5.32 Å². The third kappa shape index (κ3) is 4.37. The molecule has 6 nitrogen and oxygen atoms in total. The van der Waals surface area contributed by atoms with Crippen LogP contribution in [0.2, 0.25) is 0 Å². The van der Waals surface area contributed by atoms with Crippen LogP contribution in [0.15, 0.2) is 4.99 Å². The molecule has 2 rings (SSSR count). The van der Waals surface area contributed by atoms with Crippen LogP contribution in [0.1, 0.15) is 27.2 Å². The van der Waals surface area contributed by atoms with Crippen LogP contribution in [0.3, 0.4) is 0 Å². The van der Waals surface area contributed by atoms with Gasteiger partial charge in [0.2, 0.25) is 0 Å². The lowest BCUT2D eigenvalue weighted by Crippen LogP contribution is -2.49. The Balaban J connectivity index is 1.85. The number of hydrogen-bond acceptors (Lipinski definition) is 5. The number of carbonyl (C=O) groups excluding carboxylic acids is 1. The first-order valence-electron chi connectivity index (χ1n) is 7.30. The maximum Gasteiger partial charge on any atom is 0.410 e. The molecule has 0 aromatic carbocycles. The summed E-state index contributed by atoms with van der Waals surface area (Å²) in [6, 6.07) is 0.442. The molecule has 0 radical (unpaired) electrons. The van der Waals surface area contributed by atoms with Crippen molar-refractivity contribution in [1.82, 2.24) is 15.1 Å². The lowest BCUT2D eigenvalue weighted by Gasteiger charge is -2.30. The summed E-state index contributed by atoms with van der Waals surface area (Å²) in [6.45, 7) is 9.60. The number of nitrogens with one attached hydrogen (secondary N) is 1. The lowest BCUT2D eigenvalue weighted by atomic mass is 10.2. The summed E-state index contributed by atoms with van der Waals surface area (Å²) in [7, 11) is 2.12. The van der Waals surface area contributed by atoms with Crippen molar-refractivity contribution < 1.29 is 9.53 Å². The molecule has 0 aromatic rings. The molecular formula is C14H26N4O2. The van der Waals surface area contributed by atoms with Gasteiger partial charge in [0.15, 0.2) is 0 Å². The Bertz CT molecular complexity index is 389. The molecule has 114 valence electrons. The van der Waals surface area contributed by atoms with Gasteiger partial charge >= 0.3 is 6.09 Å². The van der Waals surface area contributed by atoms with Crippen LogP contribution in [0.25, 0.3) is 0 Å². The summed E-state index contributed by atoms with van der Waals surface area (Å²) < 4.78 is 5.41. The van der Waals surface area contributed by atoms with Gasteiger partial charge in [0.1, 0.15) is 11.4 Å². The maximum atomic E-state index is 12.1. The van der Waals surface area contributed by atoms with Gasteiger partial charge in [-0.05, 0) is 40.8 Å². The molecule has 1 saturated heterocycles. The van der Waals surface area contributed by atoms with E-state index >= 15 is 0 Å². The fourth-order valence-corrected chi connectivity index (χ4v) is 2.48. The highest BCUT2D eigenvalue weighted by Crippen LogP contribution is 2.12. The van der Waals surface area contributed by atoms with Gasteiger partial charge in [-0.15, -0.1) is 0 Å². The van der Waals surface area contributed by atoms with E-state index in [0.29, 0.717) is 25.7 Å². The summed E-state index contributed by atoms with van der Waals surface area (Å²) in [5.41, 5.74) is -0.451. The molecule has 2 aliphatic rings. The maximum absolute atomic E-state index is 12.1. The molecule has 0 aliphatic carbocycles. The van der Waals surface area contributed by atoms with Crippen LogP contribution in [0.4, 0.5) is 4.79 Å². The predicted octanol–water partition coefficient (Wildman–Crippen LogP) is 0.929. The molecule has 1 fully saturated rings. The largest absolute Gasteiger partial charge is 0.444 e. The second-order valence-corrected chi connectivity index (χ2v) is 6.62. The fourth-order valence-electron chi connectivity index (χ4n) is 2.48. The van der Waals surface area contributed by atoms with Crippen molar-refractivity contribution in [3.63, 3.8) is 0 Å². The molecule has 0 bridgehead atoms. The highest BCUT2D eigenvalue weighted by molar-refractivity contribution is 5.88. The number of rotatable bonds is 1. The Labute approximate surface area is 121 Å². The smallest absolute Gasteiger partial charge is 0.410 e. The van der Waals surface area contributed by atoms with Gasteiger partial charge < -0.3 is 15.0 Å². The molecule has 2 aliphatic heterocycles. The summed E-state index contributed by atoms with van der Waals surface area (Å²) in [5.74, 6) is 0.905. The number of carbonyl (C=O) groups is 1. The highest BCUT2D eigenvalue weighted by atomic mass is 16.6. The van der Waals surface area contributed by atoms with Gasteiger partial charge in [-0.25, -0.2) is 4.79 Å². The number of ether oxygens (including phenoxy) is 1. The Kier molecular flexibility index (Phi) is 4.52. The van der Waals surface area contributed by atoms with Crippen molar-refractivity contribution in [2.45, 2.75) is 38.8 Å². The number of amidine groups is 1. The van der Waals surface area contributed by atoms with Gasteiger partial charge in [-0.2, -0.15) is 0 Å². The van der Waals surface area contributed by atoms with E-state index in [4.69, 9.17) is 4.74 Å². The van der Waals surface area contributed by atoms with E-state index in [2.05, 4.69) is 22.3 Å². The number of hydrogen-bond donors (Lipinski definition) is 1. The Hall–Kier alpha value is -1.30. The zero-order valence-corrected chi connectivity index (χ0v) is 13.0. The first kappa shape index (κ1) is 15.1. The molecule has 1 amide bonds. The number of aliphatic imine (C=N–C) groups is 1. The lowest BCUT2D eigenvalue weighted by molar-refractivity contribution is 0.0276. The van der Waals surface area contributed by atoms with Crippen LogP contribution in [-0.2, 0) is 4.74 Å². The van der Waals surface area contributed by atoms with E-state index in [0.717, 1.165) is 25.3 Å². The number of likely N-dealkylation sites (N-methyl/N-ethyl adjacent to an activating group) is 1. The Morgan fingerprint density at radius 1 is 1.40 bits per heavy atom. The molecule has 2 heterocycles. The predicted molar refractivity (Wildman–Crippen MR) is 79.1 cm³/mol. The minimum absolute atomic E-state index is 0.254. The van der Waals surface area contributed by atoms with Crippen molar-refractivity contribution in [2.24, 2.45) is 4.99 Å². The molecule has 0 aromatic heterocycles. The summed E-state index contributed by atoms with van der Waals surface area (Å²) in [6.07, 6.45) is 0.873. The third-order valence-corrected chi connectivity index (χ3v) is 3.43. The molecular weight excluding hydrogens is 256 g/mol. The minimum Gasteiger partial charge on any atom is -0.444 e. The normalized spacial score (nSPS) is 24.5. The summed E-state index contributed by atoms with van der Waals surface area (Å²) in [4.78, 5) is 20.6. The van der Waals surface area contributed by atoms with E-state index < -0.39 is 5.60 Å². The first-order chi connectivity index (χ1) is 9.33. The van der Waals surface area contributed by atoms with E-state index in [9.17, 15) is 4.79 Å². The second kappa shape index (κ2) is 5.99.